The monoisotopic (exact) mass is 383 g/mol. The maximum atomic E-state index is 12.5. The third-order valence-corrected chi connectivity index (χ3v) is 5.85. The first-order valence-corrected chi connectivity index (χ1v) is 10.6. The van der Waals surface area contributed by atoms with Crippen molar-refractivity contribution in [1.82, 2.24) is 15.0 Å². The molecule has 150 valence electrons. The van der Waals surface area contributed by atoms with Crippen LogP contribution in [0.1, 0.15) is 70.0 Å². The van der Waals surface area contributed by atoms with E-state index in [0.29, 0.717) is 30.7 Å². The number of benzene rings is 1. The first kappa shape index (κ1) is 19.0. The lowest BCUT2D eigenvalue weighted by Gasteiger charge is -2.31. The smallest absolute Gasteiger partial charge is 0.257 e. The molecule has 2 heterocycles. The lowest BCUT2D eigenvalue weighted by molar-refractivity contribution is -0.130. The number of nitrogens with zero attached hydrogens (tertiary/aromatic N) is 3. The molecule has 1 saturated carbocycles. The van der Waals surface area contributed by atoms with E-state index in [1.54, 1.807) is 0 Å². The van der Waals surface area contributed by atoms with Crippen LogP contribution in [0.3, 0.4) is 0 Å². The van der Waals surface area contributed by atoms with Gasteiger partial charge in [-0.05, 0) is 43.5 Å². The van der Waals surface area contributed by atoms with E-state index in [1.807, 2.05) is 24.3 Å². The molecule has 0 radical (unpaired) electrons. The highest BCUT2D eigenvalue weighted by atomic mass is 16.5. The molecule has 0 unspecified atom stereocenters. The standard InChI is InChI=1S/C22H29N3O3/c1-2-3-13-27-19-11-9-16(10-12-19)22-23-21(24-28-22)17-14-20(26)25(15-17)18-7-5-4-6-8-18/h9-12,17-18H,2-8,13-15H2,1H3/t17-/m0/s1. The molecule has 2 fully saturated rings. The van der Waals surface area contributed by atoms with Crippen LogP contribution < -0.4 is 4.74 Å². The van der Waals surface area contributed by atoms with Crippen LogP contribution >= 0.6 is 0 Å². The highest BCUT2D eigenvalue weighted by Gasteiger charge is 2.37. The van der Waals surface area contributed by atoms with Gasteiger partial charge in [-0.2, -0.15) is 4.98 Å². The normalized spacial score (nSPS) is 20.7. The number of unbranched alkanes of at least 4 members (excludes halogenated alkanes) is 1. The zero-order valence-corrected chi connectivity index (χ0v) is 16.6. The molecule has 0 bridgehead atoms. The first-order valence-electron chi connectivity index (χ1n) is 10.6. The summed E-state index contributed by atoms with van der Waals surface area (Å²) in [5.74, 6) is 2.26. The molecule has 0 N–H and O–H groups in total. The molecule has 1 atom stereocenters. The summed E-state index contributed by atoms with van der Waals surface area (Å²) in [7, 11) is 0. The van der Waals surface area contributed by atoms with E-state index in [0.717, 1.165) is 43.6 Å². The Labute approximate surface area is 166 Å². The Hall–Kier alpha value is -2.37. The molecule has 1 amide bonds. The topological polar surface area (TPSA) is 68.5 Å². The van der Waals surface area contributed by atoms with E-state index in [9.17, 15) is 4.79 Å². The fraction of sp³-hybridized carbons (Fsp3) is 0.591. The molecule has 1 aliphatic heterocycles. The SMILES string of the molecule is CCCCOc1ccc(-c2nc([C@H]3CC(=O)N(C4CCCCC4)C3)no2)cc1. The van der Waals surface area contributed by atoms with E-state index in [1.165, 1.54) is 19.3 Å². The van der Waals surface area contributed by atoms with Gasteiger partial charge in [-0.3, -0.25) is 4.79 Å². The van der Waals surface area contributed by atoms with Crippen molar-refractivity contribution in [2.75, 3.05) is 13.2 Å². The quantitative estimate of drug-likeness (QED) is 0.656. The lowest BCUT2D eigenvalue weighted by Crippen LogP contribution is -2.37. The summed E-state index contributed by atoms with van der Waals surface area (Å²) in [4.78, 5) is 19.1. The second kappa shape index (κ2) is 8.76. The number of hydrogen-bond acceptors (Lipinski definition) is 5. The van der Waals surface area contributed by atoms with Gasteiger partial charge in [0.2, 0.25) is 5.91 Å². The number of likely N-dealkylation sites (tertiary alicyclic amines) is 1. The Balaban J connectivity index is 1.39. The predicted molar refractivity (Wildman–Crippen MR) is 106 cm³/mol. The van der Waals surface area contributed by atoms with Crippen molar-refractivity contribution < 1.29 is 14.1 Å². The van der Waals surface area contributed by atoms with Crippen molar-refractivity contribution in [3.05, 3.63) is 30.1 Å². The molecule has 1 aromatic carbocycles. The van der Waals surface area contributed by atoms with Crippen LogP contribution in [0, 0.1) is 0 Å². The predicted octanol–water partition coefficient (Wildman–Crippen LogP) is 4.56. The van der Waals surface area contributed by atoms with Gasteiger partial charge in [-0.25, -0.2) is 0 Å². The third kappa shape index (κ3) is 4.21. The van der Waals surface area contributed by atoms with Crippen LogP contribution in [0.25, 0.3) is 11.5 Å². The molecular weight excluding hydrogens is 354 g/mol. The fourth-order valence-electron chi connectivity index (χ4n) is 4.20. The van der Waals surface area contributed by atoms with Crippen LogP contribution in [-0.2, 0) is 4.79 Å². The number of amides is 1. The molecule has 0 spiro atoms. The van der Waals surface area contributed by atoms with Crippen LogP contribution in [0.5, 0.6) is 5.75 Å². The summed E-state index contributed by atoms with van der Waals surface area (Å²) in [6.07, 6.45) is 8.65. The van der Waals surface area contributed by atoms with Crippen molar-refractivity contribution in [3.63, 3.8) is 0 Å². The summed E-state index contributed by atoms with van der Waals surface area (Å²) >= 11 is 0. The summed E-state index contributed by atoms with van der Waals surface area (Å²) < 4.78 is 11.2. The van der Waals surface area contributed by atoms with Gasteiger partial charge in [0.15, 0.2) is 5.82 Å². The van der Waals surface area contributed by atoms with Gasteiger partial charge in [0.25, 0.3) is 5.89 Å². The highest BCUT2D eigenvalue weighted by Crippen LogP contribution is 2.33. The second-order valence-corrected chi connectivity index (χ2v) is 7.92. The molecule has 2 aromatic rings. The first-order chi connectivity index (χ1) is 13.7. The van der Waals surface area contributed by atoms with E-state index in [-0.39, 0.29) is 11.8 Å². The van der Waals surface area contributed by atoms with E-state index in [2.05, 4.69) is 22.0 Å². The number of ether oxygens (including phenoxy) is 1. The number of hydrogen-bond donors (Lipinski definition) is 0. The van der Waals surface area contributed by atoms with E-state index in [4.69, 9.17) is 9.26 Å². The van der Waals surface area contributed by atoms with Crippen molar-refractivity contribution in [2.45, 2.75) is 70.3 Å². The van der Waals surface area contributed by atoms with Gasteiger partial charge < -0.3 is 14.2 Å². The molecule has 6 heteroatoms. The van der Waals surface area contributed by atoms with E-state index >= 15 is 0 Å². The van der Waals surface area contributed by atoms with Gasteiger partial charge in [-0.15, -0.1) is 0 Å². The van der Waals surface area contributed by atoms with Crippen molar-refractivity contribution in [2.24, 2.45) is 0 Å². The minimum atomic E-state index is 0.0311. The maximum Gasteiger partial charge on any atom is 0.257 e. The van der Waals surface area contributed by atoms with Gasteiger partial charge in [0.05, 0.1) is 6.61 Å². The zero-order valence-electron chi connectivity index (χ0n) is 16.6. The van der Waals surface area contributed by atoms with Crippen molar-refractivity contribution in [1.29, 1.82) is 0 Å². The summed E-state index contributed by atoms with van der Waals surface area (Å²) in [5, 5.41) is 4.18. The molecular formula is C22H29N3O3. The molecule has 1 saturated heterocycles. The van der Waals surface area contributed by atoms with Crippen molar-refractivity contribution in [3.8, 4) is 17.2 Å². The zero-order chi connectivity index (χ0) is 19.3. The minimum absolute atomic E-state index is 0.0311. The highest BCUT2D eigenvalue weighted by molar-refractivity contribution is 5.80. The van der Waals surface area contributed by atoms with Gasteiger partial charge in [0, 0.05) is 30.5 Å². The maximum absolute atomic E-state index is 12.5. The Kier molecular flexibility index (Phi) is 5.93. The van der Waals surface area contributed by atoms with Crippen molar-refractivity contribution >= 4 is 5.91 Å². The number of rotatable bonds is 7. The number of carbonyl (C=O) groups excluding carboxylic acids is 1. The van der Waals surface area contributed by atoms with Crippen LogP contribution in [0.4, 0.5) is 0 Å². The number of carbonyl (C=O) groups is 1. The second-order valence-electron chi connectivity index (χ2n) is 7.92. The third-order valence-electron chi connectivity index (χ3n) is 5.85. The molecule has 6 nitrogen and oxygen atoms in total. The molecule has 28 heavy (non-hydrogen) atoms. The average Bonchev–Trinajstić information content (AvgIpc) is 3.36. The Morgan fingerprint density at radius 2 is 1.96 bits per heavy atom. The molecule has 1 aromatic heterocycles. The Morgan fingerprint density at radius 3 is 2.71 bits per heavy atom. The summed E-state index contributed by atoms with van der Waals surface area (Å²) in [6.45, 7) is 3.59. The molecule has 1 aliphatic carbocycles. The van der Waals surface area contributed by atoms with E-state index < -0.39 is 0 Å². The largest absolute Gasteiger partial charge is 0.494 e. The van der Waals surface area contributed by atoms with Crippen LogP contribution in [-0.4, -0.2) is 40.1 Å². The summed E-state index contributed by atoms with van der Waals surface area (Å²) in [6, 6.07) is 8.13. The minimum Gasteiger partial charge on any atom is -0.494 e. The Morgan fingerprint density at radius 1 is 1.18 bits per heavy atom. The van der Waals surface area contributed by atoms with Gasteiger partial charge in [-0.1, -0.05) is 37.8 Å². The summed E-state index contributed by atoms with van der Waals surface area (Å²) in [5.41, 5.74) is 0.870. The van der Waals surface area contributed by atoms with Gasteiger partial charge in [0.1, 0.15) is 5.75 Å². The molecule has 2 aliphatic rings. The van der Waals surface area contributed by atoms with Crippen LogP contribution in [0.2, 0.25) is 0 Å². The Bertz CT molecular complexity index is 781. The van der Waals surface area contributed by atoms with Crippen LogP contribution in [0.15, 0.2) is 28.8 Å². The number of aromatic nitrogens is 2. The fourth-order valence-corrected chi connectivity index (χ4v) is 4.20. The average molecular weight is 383 g/mol. The van der Waals surface area contributed by atoms with Gasteiger partial charge >= 0.3 is 0 Å². The molecule has 4 rings (SSSR count). The lowest BCUT2D eigenvalue weighted by atomic mass is 9.94.